The number of carbonyl (C=O) groups is 1. The molecule has 2 rings (SSSR count). The first-order valence-corrected chi connectivity index (χ1v) is 11.2. The number of ether oxygens (including phenoxy) is 1. The van der Waals surface area contributed by atoms with E-state index in [2.05, 4.69) is 15.4 Å². The van der Waals surface area contributed by atoms with E-state index in [-0.39, 0.29) is 42.3 Å². The molecule has 0 radical (unpaired) electrons. The van der Waals surface area contributed by atoms with Crippen LogP contribution < -0.4 is 15.4 Å². The standard InChI is InChI=1S/C18H28ClN3O5S/c1-12(2)21-18(24)22-16-8-5-14(27-17(16)11-23)9-10-20-28(25,26)15-6-3-13(19)4-7-15/h3-4,6-7,12,14,16-17,20,23H,5,8-11H2,1-2H3,(H2,21,22,24)/t14-,16-,17+/m1/s1. The Labute approximate surface area is 171 Å². The summed E-state index contributed by atoms with van der Waals surface area (Å²) in [6.07, 6.45) is 1.05. The summed E-state index contributed by atoms with van der Waals surface area (Å²) in [5, 5.41) is 15.6. The van der Waals surface area contributed by atoms with Gasteiger partial charge in [-0.1, -0.05) is 11.6 Å². The highest BCUT2D eigenvalue weighted by molar-refractivity contribution is 7.89. The van der Waals surface area contributed by atoms with Gasteiger partial charge in [-0.2, -0.15) is 0 Å². The predicted molar refractivity (Wildman–Crippen MR) is 107 cm³/mol. The third-order valence-electron chi connectivity index (χ3n) is 4.41. The third kappa shape index (κ3) is 6.89. The van der Waals surface area contributed by atoms with Crippen LogP contribution in [-0.4, -0.2) is 57.0 Å². The lowest BCUT2D eigenvalue weighted by atomic mass is 9.97. The van der Waals surface area contributed by atoms with Crippen LogP contribution >= 0.6 is 11.6 Å². The molecule has 0 spiro atoms. The second-order valence-electron chi connectivity index (χ2n) is 7.08. The van der Waals surface area contributed by atoms with Gasteiger partial charge in [-0.05, 0) is 57.4 Å². The van der Waals surface area contributed by atoms with E-state index in [1.807, 2.05) is 13.8 Å². The summed E-state index contributed by atoms with van der Waals surface area (Å²) in [6.45, 7) is 3.71. The molecule has 10 heteroatoms. The fourth-order valence-corrected chi connectivity index (χ4v) is 4.21. The van der Waals surface area contributed by atoms with Crippen molar-refractivity contribution in [1.82, 2.24) is 15.4 Å². The smallest absolute Gasteiger partial charge is 0.315 e. The van der Waals surface area contributed by atoms with Gasteiger partial charge in [-0.15, -0.1) is 0 Å². The van der Waals surface area contributed by atoms with Crippen molar-refractivity contribution in [2.24, 2.45) is 0 Å². The maximum atomic E-state index is 12.3. The molecule has 0 aromatic heterocycles. The molecule has 0 aliphatic carbocycles. The Hall–Kier alpha value is -1.39. The molecule has 1 aliphatic heterocycles. The summed E-state index contributed by atoms with van der Waals surface area (Å²) in [4.78, 5) is 12.0. The number of aliphatic hydroxyl groups excluding tert-OH is 1. The Kier molecular flexibility index (Phi) is 8.51. The summed E-state index contributed by atoms with van der Waals surface area (Å²) >= 11 is 5.78. The van der Waals surface area contributed by atoms with E-state index in [1.54, 1.807) is 0 Å². The lowest BCUT2D eigenvalue weighted by Crippen LogP contribution is -2.54. The minimum Gasteiger partial charge on any atom is -0.394 e. The maximum Gasteiger partial charge on any atom is 0.315 e. The molecule has 1 saturated heterocycles. The normalized spacial score (nSPS) is 22.8. The zero-order chi connectivity index (χ0) is 20.7. The molecule has 1 aliphatic rings. The number of benzene rings is 1. The fourth-order valence-electron chi connectivity index (χ4n) is 3.03. The fraction of sp³-hybridized carbons (Fsp3) is 0.611. The third-order valence-corrected chi connectivity index (χ3v) is 6.14. The molecule has 0 bridgehead atoms. The van der Waals surface area contributed by atoms with E-state index in [4.69, 9.17) is 16.3 Å². The molecule has 1 aromatic rings. The van der Waals surface area contributed by atoms with Crippen molar-refractivity contribution in [2.75, 3.05) is 13.2 Å². The summed E-state index contributed by atoms with van der Waals surface area (Å²) in [6, 6.07) is 5.37. The number of nitrogens with one attached hydrogen (secondary N) is 3. The SMILES string of the molecule is CC(C)NC(=O)N[C@@H]1CC[C@H](CCNS(=O)(=O)c2ccc(Cl)cc2)O[C@H]1CO. The number of halogens is 1. The van der Waals surface area contributed by atoms with Crippen molar-refractivity contribution in [1.29, 1.82) is 0 Å². The van der Waals surface area contributed by atoms with Crippen LogP contribution in [0.2, 0.25) is 5.02 Å². The molecule has 0 unspecified atom stereocenters. The lowest BCUT2D eigenvalue weighted by Gasteiger charge is -2.36. The van der Waals surface area contributed by atoms with Crippen molar-refractivity contribution in [3.8, 4) is 0 Å². The first kappa shape index (κ1) is 22.9. The molecular weight excluding hydrogens is 406 g/mol. The van der Waals surface area contributed by atoms with E-state index in [0.717, 1.165) is 0 Å². The maximum absolute atomic E-state index is 12.3. The molecule has 2 amide bonds. The molecular formula is C18H28ClN3O5S. The number of sulfonamides is 1. The summed E-state index contributed by atoms with van der Waals surface area (Å²) in [5.41, 5.74) is 0. The highest BCUT2D eigenvalue weighted by Crippen LogP contribution is 2.22. The summed E-state index contributed by atoms with van der Waals surface area (Å²) in [5.74, 6) is 0. The largest absolute Gasteiger partial charge is 0.394 e. The van der Waals surface area contributed by atoms with Gasteiger partial charge >= 0.3 is 6.03 Å². The van der Waals surface area contributed by atoms with Gasteiger partial charge in [0.2, 0.25) is 10.0 Å². The van der Waals surface area contributed by atoms with Gasteiger partial charge < -0.3 is 20.5 Å². The number of rotatable bonds is 8. The molecule has 1 aromatic carbocycles. The Bertz CT molecular complexity index is 742. The second-order valence-corrected chi connectivity index (χ2v) is 9.28. The first-order valence-electron chi connectivity index (χ1n) is 9.30. The molecule has 0 saturated carbocycles. The molecule has 1 fully saturated rings. The van der Waals surface area contributed by atoms with Crippen molar-refractivity contribution < 1.29 is 23.1 Å². The molecule has 158 valence electrons. The van der Waals surface area contributed by atoms with Crippen molar-refractivity contribution in [3.05, 3.63) is 29.3 Å². The van der Waals surface area contributed by atoms with Gasteiger partial charge in [0.25, 0.3) is 0 Å². The van der Waals surface area contributed by atoms with E-state index in [1.165, 1.54) is 24.3 Å². The lowest BCUT2D eigenvalue weighted by molar-refractivity contribution is -0.0886. The molecule has 8 nitrogen and oxygen atoms in total. The number of urea groups is 1. The molecule has 3 atom stereocenters. The number of hydrogen-bond donors (Lipinski definition) is 4. The molecule has 4 N–H and O–H groups in total. The molecule has 1 heterocycles. The van der Waals surface area contributed by atoms with Crippen LogP contribution in [0, 0.1) is 0 Å². The first-order chi connectivity index (χ1) is 13.2. The summed E-state index contributed by atoms with van der Waals surface area (Å²) in [7, 11) is -3.61. The van der Waals surface area contributed by atoms with Crippen LogP contribution in [0.3, 0.4) is 0 Å². The van der Waals surface area contributed by atoms with Gasteiger partial charge in [0.15, 0.2) is 0 Å². The van der Waals surface area contributed by atoms with Gasteiger partial charge in [0.05, 0.1) is 23.6 Å². The number of carbonyl (C=O) groups excluding carboxylic acids is 1. The van der Waals surface area contributed by atoms with Crippen molar-refractivity contribution in [3.63, 3.8) is 0 Å². The van der Waals surface area contributed by atoms with Gasteiger partial charge in [0, 0.05) is 17.6 Å². The average Bonchev–Trinajstić information content (AvgIpc) is 2.62. The summed E-state index contributed by atoms with van der Waals surface area (Å²) < 4.78 is 32.9. The average molecular weight is 434 g/mol. The van der Waals surface area contributed by atoms with Crippen LogP contribution in [-0.2, 0) is 14.8 Å². The number of hydrogen-bond acceptors (Lipinski definition) is 5. The van der Waals surface area contributed by atoms with E-state index in [9.17, 15) is 18.3 Å². The number of amides is 2. The highest BCUT2D eigenvalue weighted by atomic mass is 35.5. The van der Waals surface area contributed by atoms with Crippen molar-refractivity contribution >= 4 is 27.7 Å². The second kappa shape index (κ2) is 10.4. The quantitative estimate of drug-likeness (QED) is 0.497. The Morgan fingerprint density at radius 1 is 1.29 bits per heavy atom. The Morgan fingerprint density at radius 2 is 1.96 bits per heavy atom. The monoisotopic (exact) mass is 433 g/mol. The van der Waals surface area contributed by atoms with Gasteiger partial charge in [-0.3, -0.25) is 0 Å². The van der Waals surface area contributed by atoms with Crippen LogP contribution in [0.25, 0.3) is 0 Å². The van der Waals surface area contributed by atoms with Crippen LogP contribution in [0.1, 0.15) is 33.1 Å². The highest BCUT2D eigenvalue weighted by Gasteiger charge is 2.32. The predicted octanol–water partition coefficient (Wildman–Crippen LogP) is 1.62. The Balaban J connectivity index is 1.81. The Morgan fingerprint density at radius 3 is 2.57 bits per heavy atom. The topological polar surface area (TPSA) is 117 Å². The number of aliphatic hydroxyl groups is 1. The zero-order valence-electron chi connectivity index (χ0n) is 16.0. The molecule has 28 heavy (non-hydrogen) atoms. The minimum atomic E-state index is -3.61. The van der Waals surface area contributed by atoms with Crippen LogP contribution in [0.5, 0.6) is 0 Å². The zero-order valence-corrected chi connectivity index (χ0v) is 17.6. The van der Waals surface area contributed by atoms with E-state index in [0.29, 0.717) is 24.3 Å². The van der Waals surface area contributed by atoms with Crippen LogP contribution in [0.4, 0.5) is 4.79 Å². The van der Waals surface area contributed by atoms with Crippen LogP contribution in [0.15, 0.2) is 29.2 Å². The van der Waals surface area contributed by atoms with E-state index < -0.39 is 16.1 Å². The minimum absolute atomic E-state index is 0.0125. The van der Waals surface area contributed by atoms with Gasteiger partial charge in [-0.25, -0.2) is 17.9 Å². The van der Waals surface area contributed by atoms with Crippen molar-refractivity contribution in [2.45, 2.75) is 62.3 Å². The van der Waals surface area contributed by atoms with E-state index >= 15 is 0 Å². The van der Waals surface area contributed by atoms with Gasteiger partial charge in [0.1, 0.15) is 6.10 Å².